The van der Waals surface area contributed by atoms with Crippen LogP contribution >= 0.6 is 0 Å². The van der Waals surface area contributed by atoms with Crippen LogP contribution in [0.3, 0.4) is 0 Å². The normalized spacial score (nSPS) is 9.64. The number of carboxylic acids is 1. The summed E-state index contributed by atoms with van der Waals surface area (Å²) in [5, 5.41) is 8.25. The van der Waals surface area contributed by atoms with Crippen LogP contribution < -0.4 is 0 Å². The van der Waals surface area contributed by atoms with Crippen LogP contribution in [0.15, 0.2) is 12.3 Å². The van der Waals surface area contributed by atoms with Gasteiger partial charge in [-0.15, -0.1) is 0 Å². The molecule has 11 heavy (non-hydrogen) atoms. The van der Waals surface area contributed by atoms with Gasteiger partial charge in [0.15, 0.2) is 17.3 Å². The zero-order valence-corrected chi connectivity index (χ0v) is 5.21. The number of hydrogen-bond donors (Lipinski definition) is 1. The van der Waals surface area contributed by atoms with Crippen molar-refractivity contribution in [3.8, 4) is 0 Å². The summed E-state index contributed by atoms with van der Waals surface area (Å²) in [5.74, 6) is -3.75. The van der Waals surface area contributed by atoms with E-state index in [4.69, 9.17) is 5.11 Å². The number of rotatable bonds is 1. The molecular weight excluding hydrogens is 156 g/mol. The lowest BCUT2D eigenvalue weighted by Gasteiger charge is -1.93. The topological polar surface area (TPSA) is 50.2 Å². The van der Waals surface area contributed by atoms with Crippen molar-refractivity contribution in [2.45, 2.75) is 0 Å². The molecule has 0 aliphatic heterocycles. The van der Waals surface area contributed by atoms with Gasteiger partial charge in [0, 0.05) is 6.07 Å². The lowest BCUT2D eigenvalue weighted by atomic mass is 10.3. The largest absolute Gasteiger partial charge is 0.477 e. The van der Waals surface area contributed by atoms with E-state index in [9.17, 15) is 13.6 Å². The number of hydrogen-bond acceptors (Lipinski definition) is 2. The van der Waals surface area contributed by atoms with Gasteiger partial charge in [-0.05, 0) is 0 Å². The minimum atomic E-state index is -1.39. The third kappa shape index (κ3) is 1.49. The summed E-state index contributed by atoms with van der Waals surface area (Å²) < 4.78 is 24.4. The minimum absolute atomic E-state index is 0.510. The first-order chi connectivity index (χ1) is 5.11. The average Bonchev–Trinajstić information content (AvgIpc) is 1.94. The Balaban J connectivity index is 3.15. The fourth-order valence-corrected chi connectivity index (χ4v) is 0.531. The van der Waals surface area contributed by atoms with Gasteiger partial charge in [0.2, 0.25) is 0 Å². The number of aromatic nitrogens is 1. The second kappa shape index (κ2) is 2.61. The van der Waals surface area contributed by atoms with E-state index in [0.29, 0.717) is 12.3 Å². The van der Waals surface area contributed by atoms with E-state index in [-0.39, 0.29) is 0 Å². The molecule has 0 saturated heterocycles. The molecule has 3 nitrogen and oxygen atoms in total. The highest BCUT2D eigenvalue weighted by Crippen LogP contribution is 2.04. The third-order valence-electron chi connectivity index (χ3n) is 1.03. The quantitative estimate of drug-likeness (QED) is 0.666. The highest BCUT2D eigenvalue weighted by Gasteiger charge is 2.08. The first-order valence-corrected chi connectivity index (χ1v) is 2.65. The van der Waals surface area contributed by atoms with Crippen LogP contribution in [-0.2, 0) is 0 Å². The van der Waals surface area contributed by atoms with E-state index < -0.39 is 23.3 Å². The maximum atomic E-state index is 12.3. The van der Waals surface area contributed by atoms with E-state index in [1.165, 1.54) is 0 Å². The van der Waals surface area contributed by atoms with Gasteiger partial charge in [0.25, 0.3) is 0 Å². The van der Waals surface area contributed by atoms with Crippen molar-refractivity contribution >= 4 is 5.97 Å². The van der Waals surface area contributed by atoms with Crippen LogP contribution in [0.2, 0.25) is 0 Å². The lowest BCUT2D eigenvalue weighted by Crippen LogP contribution is -2.01. The van der Waals surface area contributed by atoms with Crippen molar-refractivity contribution in [1.29, 1.82) is 0 Å². The number of nitrogens with zero attached hydrogens (tertiary/aromatic N) is 1. The van der Waals surface area contributed by atoms with E-state index in [0.717, 1.165) is 0 Å². The minimum Gasteiger partial charge on any atom is -0.477 e. The summed E-state index contributed by atoms with van der Waals surface area (Å²) in [6.07, 6.45) is 0.527. The van der Waals surface area contributed by atoms with E-state index in [1.807, 2.05) is 0 Å². The molecule has 0 unspecified atom stereocenters. The molecular formula is C6H3F2NO2. The smallest absolute Gasteiger partial charge is 0.354 e. The summed E-state index contributed by atoms with van der Waals surface area (Å²) in [5.41, 5.74) is -0.510. The summed E-state index contributed by atoms with van der Waals surface area (Å²) in [7, 11) is 0. The zero-order chi connectivity index (χ0) is 8.43. The first-order valence-electron chi connectivity index (χ1n) is 2.65. The number of carbonyl (C=O) groups is 1. The Labute approximate surface area is 60.3 Å². The maximum Gasteiger partial charge on any atom is 0.354 e. The Bertz CT molecular complexity index is 301. The second-order valence-corrected chi connectivity index (χ2v) is 1.79. The van der Waals surface area contributed by atoms with Crippen molar-refractivity contribution < 1.29 is 18.7 Å². The molecule has 0 radical (unpaired) electrons. The third-order valence-corrected chi connectivity index (χ3v) is 1.03. The Hall–Kier alpha value is -1.52. The molecule has 0 aliphatic carbocycles. The van der Waals surface area contributed by atoms with Crippen molar-refractivity contribution in [2.24, 2.45) is 0 Å². The Morgan fingerprint density at radius 3 is 2.55 bits per heavy atom. The number of carboxylic acid groups (broad SMARTS) is 1. The molecule has 1 aromatic rings. The van der Waals surface area contributed by atoms with Gasteiger partial charge < -0.3 is 5.11 Å². The number of aromatic carboxylic acids is 1. The summed E-state index contributed by atoms with van der Waals surface area (Å²) in [4.78, 5) is 13.2. The molecule has 0 aromatic carbocycles. The molecule has 1 aromatic heterocycles. The Morgan fingerprint density at radius 1 is 1.45 bits per heavy atom. The van der Waals surface area contributed by atoms with Crippen LogP contribution in [0.1, 0.15) is 10.5 Å². The predicted molar refractivity (Wildman–Crippen MR) is 31.1 cm³/mol. The molecule has 1 heterocycles. The molecule has 0 atom stereocenters. The standard InChI is InChI=1S/C6H3F2NO2/c7-3-1-5(6(10)11)9-2-4(3)8/h1-2H,(H,10,11). The molecule has 0 bridgehead atoms. The van der Waals surface area contributed by atoms with Gasteiger partial charge >= 0.3 is 5.97 Å². The van der Waals surface area contributed by atoms with Crippen molar-refractivity contribution in [1.82, 2.24) is 4.98 Å². The molecule has 0 spiro atoms. The monoisotopic (exact) mass is 159 g/mol. The summed E-state index contributed by atoms with van der Waals surface area (Å²) in [6.45, 7) is 0. The summed E-state index contributed by atoms with van der Waals surface area (Å²) >= 11 is 0. The molecule has 0 saturated carbocycles. The average molecular weight is 159 g/mol. The zero-order valence-electron chi connectivity index (χ0n) is 5.21. The van der Waals surface area contributed by atoms with Crippen LogP contribution in [0, 0.1) is 11.6 Å². The van der Waals surface area contributed by atoms with Gasteiger partial charge in [-0.1, -0.05) is 0 Å². The number of halogens is 2. The fraction of sp³-hybridized carbons (Fsp3) is 0. The first kappa shape index (κ1) is 7.59. The molecule has 0 fully saturated rings. The van der Waals surface area contributed by atoms with E-state index in [2.05, 4.69) is 4.98 Å². The highest BCUT2D eigenvalue weighted by atomic mass is 19.2. The van der Waals surface area contributed by atoms with Crippen LogP contribution in [0.4, 0.5) is 8.78 Å². The van der Waals surface area contributed by atoms with Gasteiger partial charge in [-0.25, -0.2) is 18.6 Å². The van der Waals surface area contributed by atoms with Crippen molar-refractivity contribution in [3.05, 3.63) is 29.6 Å². The lowest BCUT2D eigenvalue weighted by molar-refractivity contribution is 0.0689. The van der Waals surface area contributed by atoms with Gasteiger partial charge in [0.1, 0.15) is 0 Å². The van der Waals surface area contributed by atoms with E-state index >= 15 is 0 Å². The molecule has 5 heteroatoms. The molecule has 0 amide bonds. The van der Waals surface area contributed by atoms with Gasteiger partial charge in [0.05, 0.1) is 6.20 Å². The SMILES string of the molecule is O=C(O)c1cc(F)c(F)cn1. The molecule has 1 N–H and O–H groups in total. The van der Waals surface area contributed by atoms with Crippen LogP contribution in [0.25, 0.3) is 0 Å². The van der Waals surface area contributed by atoms with Crippen molar-refractivity contribution in [2.75, 3.05) is 0 Å². The summed E-state index contributed by atoms with van der Waals surface area (Å²) in [6, 6.07) is 0.525. The molecule has 1 rings (SSSR count). The van der Waals surface area contributed by atoms with Crippen LogP contribution in [0.5, 0.6) is 0 Å². The van der Waals surface area contributed by atoms with Gasteiger partial charge in [-0.2, -0.15) is 0 Å². The Morgan fingerprint density at radius 2 is 2.09 bits per heavy atom. The second-order valence-electron chi connectivity index (χ2n) is 1.79. The predicted octanol–water partition coefficient (Wildman–Crippen LogP) is 1.06. The van der Waals surface area contributed by atoms with Crippen LogP contribution in [-0.4, -0.2) is 16.1 Å². The van der Waals surface area contributed by atoms with E-state index in [1.54, 1.807) is 0 Å². The maximum absolute atomic E-state index is 12.3. The fourth-order valence-electron chi connectivity index (χ4n) is 0.531. The number of pyridine rings is 1. The van der Waals surface area contributed by atoms with Gasteiger partial charge in [-0.3, -0.25) is 0 Å². The van der Waals surface area contributed by atoms with Crippen molar-refractivity contribution in [3.63, 3.8) is 0 Å². The molecule has 0 aliphatic rings. The highest BCUT2D eigenvalue weighted by molar-refractivity contribution is 5.85. The molecule has 58 valence electrons. The Kier molecular flexibility index (Phi) is 1.80.